The molecule has 0 bridgehead atoms. The van der Waals surface area contributed by atoms with Crippen LogP contribution in [0.2, 0.25) is 0 Å². The summed E-state index contributed by atoms with van der Waals surface area (Å²) in [6, 6.07) is 7.42. The summed E-state index contributed by atoms with van der Waals surface area (Å²) in [5.41, 5.74) is 0.787. The summed E-state index contributed by atoms with van der Waals surface area (Å²) in [7, 11) is 0. The van der Waals surface area contributed by atoms with Crippen LogP contribution in [0.25, 0.3) is 10.8 Å². The highest BCUT2D eigenvalue weighted by molar-refractivity contribution is 5.87. The van der Waals surface area contributed by atoms with Crippen LogP contribution < -0.4 is 4.94 Å². The van der Waals surface area contributed by atoms with Gasteiger partial charge in [0.15, 0.2) is 5.75 Å². The summed E-state index contributed by atoms with van der Waals surface area (Å²) in [6.45, 7) is 5.78. The van der Waals surface area contributed by atoms with Crippen LogP contribution in [0.1, 0.15) is 19.4 Å². The maximum atomic E-state index is 12.9. The monoisotopic (exact) mass is 224 g/mol. The lowest BCUT2D eigenvalue weighted by atomic mass is 10.1. The summed E-state index contributed by atoms with van der Waals surface area (Å²) >= 11 is 0. The van der Waals surface area contributed by atoms with Crippen molar-refractivity contribution in [3.63, 3.8) is 0 Å². The molecule has 0 saturated heterocycles. The van der Waals surface area contributed by atoms with Crippen molar-refractivity contribution in [2.24, 2.45) is 0 Å². The van der Waals surface area contributed by atoms with Gasteiger partial charge < -0.3 is 0 Å². The average molecular weight is 224 g/mol. The van der Waals surface area contributed by atoms with Crippen molar-refractivity contribution in [2.75, 3.05) is 0 Å². The lowest BCUT2D eigenvalue weighted by Gasteiger charge is -2.03. The van der Waals surface area contributed by atoms with E-state index in [1.54, 1.807) is 13.0 Å². The maximum absolute atomic E-state index is 12.9. The summed E-state index contributed by atoms with van der Waals surface area (Å²) in [4.78, 5) is 3.64. The molecule has 0 aromatic heterocycles. The summed E-state index contributed by atoms with van der Waals surface area (Å²) < 4.78 is 24.8. The molecular formula is C13H14F2O. The minimum Gasteiger partial charge on any atom is -0.294 e. The molecule has 2 aromatic carbocycles. The van der Waals surface area contributed by atoms with E-state index in [-0.39, 0.29) is 11.6 Å². The smallest absolute Gasteiger partial charge is 0.172 e. The second kappa shape index (κ2) is 5.45. The second-order valence-corrected chi connectivity index (χ2v) is 3.18. The van der Waals surface area contributed by atoms with Crippen molar-refractivity contribution in [1.29, 1.82) is 0 Å². The first-order valence-electron chi connectivity index (χ1n) is 5.19. The molecule has 0 fully saturated rings. The Morgan fingerprint density at radius 1 is 1.06 bits per heavy atom. The molecule has 0 radical (unpaired) electrons. The van der Waals surface area contributed by atoms with Gasteiger partial charge in [0.2, 0.25) is 0 Å². The Morgan fingerprint density at radius 2 is 1.75 bits per heavy atom. The van der Waals surface area contributed by atoms with E-state index in [9.17, 15) is 8.92 Å². The van der Waals surface area contributed by atoms with Crippen molar-refractivity contribution in [3.8, 4) is 5.75 Å². The van der Waals surface area contributed by atoms with Gasteiger partial charge in [0, 0.05) is 4.53 Å². The molecule has 0 aliphatic carbocycles. The molecule has 0 heterocycles. The molecule has 1 nitrogen and oxygen atoms in total. The zero-order valence-corrected chi connectivity index (χ0v) is 9.55. The zero-order valence-electron chi connectivity index (χ0n) is 9.55. The summed E-state index contributed by atoms with van der Waals surface area (Å²) in [5.74, 6) is -0.156. The molecular weight excluding hydrogens is 210 g/mol. The molecule has 0 N–H and O–H groups in total. The van der Waals surface area contributed by atoms with Gasteiger partial charge in [-0.1, -0.05) is 19.9 Å². The molecule has 0 aliphatic heterocycles. The van der Waals surface area contributed by atoms with Gasteiger partial charge in [-0.05, 0) is 47.5 Å². The molecule has 2 rings (SSSR count). The van der Waals surface area contributed by atoms with Crippen LogP contribution in [0.4, 0.5) is 8.92 Å². The largest absolute Gasteiger partial charge is 0.294 e. The molecule has 16 heavy (non-hydrogen) atoms. The molecule has 0 amide bonds. The van der Waals surface area contributed by atoms with Gasteiger partial charge in [-0.15, -0.1) is 0 Å². The zero-order chi connectivity index (χ0) is 12.1. The Labute approximate surface area is 93.6 Å². The topological polar surface area (TPSA) is 9.23 Å². The van der Waals surface area contributed by atoms with Crippen molar-refractivity contribution >= 4 is 10.8 Å². The standard InChI is InChI=1S/C11H8F2O.C2H6/c1-7-4-10(14-13)5-8-2-3-9(12)6-11(7)8;1-2/h2-6H,1H3;1-2H3. The Morgan fingerprint density at radius 3 is 2.38 bits per heavy atom. The van der Waals surface area contributed by atoms with E-state index in [0.717, 1.165) is 16.3 Å². The fraction of sp³-hybridized carbons (Fsp3) is 0.231. The number of hydrogen-bond donors (Lipinski definition) is 0. The normalized spacial score (nSPS) is 9.56. The van der Waals surface area contributed by atoms with Gasteiger partial charge >= 0.3 is 0 Å². The Bertz CT molecular complexity index is 481. The van der Waals surface area contributed by atoms with E-state index in [0.29, 0.717) is 0 Å². The summed E-state index contributed by atoms with van der Waals surface area (Å²) in [5, 5.41) is 1.53. The molecule has 2 aromatic rings. The predicted molar refractivity (Wildman–Crippen MR) is 61.7 cm³/mol. The van der Waals surface area contributed by atoms with E-state index in [2.05, 4.69) is 4.94 Å². The number of benzene rings is 2. The fourth-order valence-electron chi connectivity index (χ4n) is 1.53. The third-order valence-corrected chi connectivity index (χ3v) is 2.19. The molecule has 86 valence electrons. The first-order valence-corrected chi connectivity index (χ1v) is 5.19. The number of rotatable bonds is 1. The van der Waals surface area contributed by atoms with E-state index >= 15 is 0 Å². The van der Waals surface area contributed by atoms with Gasteiger partial charge in [0.1, 0.15) is 5.82 Å². The third kappa shape index (κ3) is 2.48. The first kappa shape index (κ1) is 12.4. The third-order valence-electron chi connectivity index (χ3n) is 2.19. The Hall–Kier alpha value is -1.64. The minimum absolute atomic E-state index is 0.140. The van der Waals surface area contributed by atoms with Crippen molar-refractivity contribution < 1.29 is 13.9 Å². The van der Waals surface area contributed by atoms with Crippen molar-refractivity contribution in [2.45, 2.75) is 20.8 Å². The predicted octanol–water partition coefficient (Wildman–Crippen LogP) is 4.58. The average Bonchev–Trinajstić information content (AvgIpc) is 2.32. The number of fused-ring (bicyclic) bond motifs is 1. The van der Waals surface area contributed by atoms with Crippen LogP contribution in [0.3, 0.4) is 0 Å². The SMILES string of the molecule is CC.Cc1cc(OF)cc2ccc(F)cc12. The van der Waals surface area contributed by atoms with Gasteiger partial charge in [-0.2, -0.15) is 0 Å². The van der Waals surface area contributed by atoms with Crippen LogP contribution in [0.5, 0.6) is 5.75 Å². The van der Waals surface area contributed by atoms with Crippen LogP contribution >= 0.6 is 0 Å². The van der Waals surface area contributed by atoms with Crippen LogP contribution in [0, 0.1) is 12.7 Å². The van der Waals surface area contributed by atoms with E-state index in [4.69, 9.17) is 0 Å². The van der Waals surface area contributed by atoms with E-state index in [1.807, 2.05) is 13.8 Å². The highest BCUT2D eigenvalue weighted by Crippen LogP contribution is 2.25. The lowest BCUT2D eigenvalue weighted by Crippen LogP contribution is -1.83. The molecule has 0 spiro atoms. The fourth-order valence-corrected chi connectivity index (χ4v) is 1.53. The van der Waals surface area contributed by atoms with Crippen LogP contribution in [0.15, 0.2) is 30.3 Å². The van der Waals surface area contributed by atoms with Gasteiger partial charge in [-0.25, -0.2) is 4.39 Å². The lowest BCUT2D eigenvalue weighted by molar-refractivity contribution is -0.00609. The van der Waals surface area contributed by atoms with Crippen LogP contribution in [-0.2, 0) is 0 Å². The highest BCUT2D eigenvalue weighted by Gasteiger charge is 2.03. The molecule has 3 heteroatoms. The Balaban J connectivity index is 0.000000606. The maximum Gasteiger partial charge on any atom is 0.172 e. The quantitative estimate of drug-likeness (QED) is 0.689. The molecule has 0 unspecified atom stereocenters. The number of hydrogen-bond acceptors (Lipinski definition) is 1. The Kier molecular flexibility index (Phi) is 4.23. The number of halogens is 2. The second-order valence-electron chi connectivity index (χ2n) is 3.18. The van der Waals surface area contributed by atoms with Crippen molar-refractivity contribution in [3.05, 3.63) is 41.7 Å². The molecule has 0 atom stereocenters. The number of aryl methyl sites for hydroxylation is 1. The van der Waals surface area contributed by atoms with Gasteiger partial charge in [0.05, 0.1) is 0 Å². The first-order chi connectivity index (χ1) is 7.70. The van der Waals surface area contributed by atoms with Crippen molar-refractivity contribution in [1.82, 2.24) is 0 Å². The van der Waals surface area contributed by atoms with Gasteiger partial charge in [-0.3, -0.25) is 4.94 Å². The van der Waals surface area contributed by atoms with E-state index < -0.39 is 0 Å². The summed E-state index contributed by atoms with van der Waals surface area (Å²) in [6.07, 6.45) is 0. The van der Waals surface area contributed by atoms with Gasteiger partial charge in [0.25, 0.3) is 0 Å². The highest BCUT2D eigenvalue weighted by atomic mass is 19.3. The molecule has 0 aliphatic rings. The van der Waals surface area contributed by atoms with E-state index in [1.165, 1.54) is 24.3 Å². The minimum atomic E-state index is -0.297. The molecule has 0 saturated carbocycles. The van der Waals surface area contributed by atoms with Crippen LogP contribution in [-0.4, -0.2) is 0 Å².